The minimum Gasteiger partial charge on any atom is -0.356 e. The van der Waals surface area contributed by atoms with Crippen molar-refractivity contribution in [3.8, 4) is 0 Å². The molecule has 1 aliphatic rings. The topological polar surface area (TPSA) is 87.3 Å². The molecule has 1 aliphatic heterocycles. The molecule has 0 bridgehead atoms. The van der Waals surface area contributed by atoms with Crippen LogP contribution in [0.2, 0.25) is 0 Å². The van der Waals surface area contributed by atoms with Crippen molar-refractivity contribution in [2.45, 2.75) is 64.3 Å². The van der Waals surface area contributed by atoms with Crippen LogP contribution in [-0.2, 0) is 9.59 Å². The zero-order chi connectivity index (χ0) is 18.8. The van der Waals surface area contributed by atoms with E-state index in [1.165, 1.54) is 32.1 Å². The molecule has 1 atom stereocenters. The summed E-state index contributed by atoms with van der Waals surface area (Å²) in [6.45, 7) is 2.81. The van der Waals surface area contributed by atoms with Crippen molar-refractivity contribution in [3.05, 3.63) is 29.8 Å². The Morgan fingerprint density at radius 3 is 2.50 bits per heavy atom. The zero-order valence-corrected chi connectivity index (χ0v) is 15.5. The summed E-state index contributed by atoms with van der Waals surface area (Å²) in [5.74, 6) is -0.930. The standard InChI is InChI=1S/C20H29N3O3/c1-2-3-4-5-6-7-10-13-21-18(24)14-17-20(26)22-16-12-9-8-11-15(16)19(25)23-17/h8-9,11-12,17H,2-7,10,13-14H2,1H3,(H,21,24)(H,22,26)(H,23,25). The Labute approximate surface area is 155 Å². The van der Waals surface area contributed by atoms with Crippen molar-refractivity contribution >= 4 is 23.4 Å². The van der Waals surface area contributed by atoms with Gasteiger partial charge in [0.25, 0.3) is 5.91 Å². The molecule has 0 saturated heterocycles. The summed E-state index contributed by atoms with van der Waals surface area (Å²) >= 11 is 0. The van der Waals surface area contributed by atoms with E-state index >= 15 is 0 Å². The van der Waals surface area contributed by atoms with Gasteiger partial charge in [0.2, 0.25) is 11.8 Å². The number of anilines is 1. The van der Waals surface area contributed by atoms with E-state index in [0.717, 1.165) is 12.8 Å². The Morgan fingerprint density at radius 1 is 1.04 bits per heavy atom. The van der Waals surface area contributed by atoms with Gasteiger partial charge in [-0.1, -0.05) is 57.6 Å². The van der Waals surface area contributed by atoms with Gasteiger partial charge in [-0.05, 0) is 18.6 Å². The molecular weight excluding hydrogens is 330 g/mol. The molecule has 0 saturated carbocycles. The van der Waals surface area contributed by atoms with Gasteiger partial charge in [0.05, 0.1) is 17.7 Å². The molecule has 0 spiro atoms. The van der Waals surface area contributed by atoms with Crippen LogP contribution in [0.5, 0.6) is 0 Å². The maximum atomic E-state index is 12.3. The number of unbranched alkanes of at least 4 members (excludes halogenated alkanes) is 6. The third-order valence-electron chi connectivity index (χ3n) is 4.54. The lowest BCUT2D eigenvalue weighted by Crippen LogP contribution is -2.44. The molecule has 0 radical (unpaired) electrons. The monoisotopic (exact) mass is 359 g/mol. The molecule has 0 aromatic heterocycles. The molecule has 1 aromatic rings. The van der Waals surface area contributed by atoms with Gasteiger partial charge < -0.3 is 16.0 Å². The number of nitrogens with one attached hydrogen (secondary N) is 3. The van der Waals surface area contributed by atoms with Gasteiger partial charge in [-0.15, -0.1) is 0 Å². The number of rotatable bonds is 10. The van der Waals surface area contributed by atoms with Crippen molar-refractivity contribution in [1.29, 1.82) is 0 Å². The molecule has 0 aliphatic carbocycles. The van der Waals surface area contributed by atoms with E-state index in [1.54, 1.807) is 24.3 Å². The number of hydrogen-bond acceptors (Lipinski definition) is 3. The van der Waals surface area contributed by atoms with Gasteiger partial charge in [0.1, 0.15) is 6.04 Å². The van der Waals surface area contributed by atoms with E-state index in [1.807, 2.05) is 0 Å². The first kappa shape index (κ1) is 19.9. The third kappa shape index (κ3) is 6.17. The first-order valence-corrected chi connectivity index (χ1v) is 9.59. The van der Waals surface area contributed by atoms with Crippen LogP contribution in [0.15, 0.2) is 24.3 Å². The van der Waals surface area contributed by atoms with E-state index in [2.05, 4.69) is 22.9 Å². The highest BCUT2D eigenvalue weighted by Crippen LogP contribution is 2.18. The Morgan fingerprint density at radius 2 is 1.73 bits per heavy atom. The minimum atomic E-state index is -0.857. The lowest BCUT2D eigenvalue weighted by atomic mass is 10.1. The maximum absolute atomic E-state index is 12.3. The summed E-state index contributed by atoms with van der Waals surface area (Å²) in [6.07, 6.45) is 8.23. The van der Waals surface area contributed by atoms with Crippen LogP contribution < -0.4 is 16.0 Å². The molecule has 1 aromatic carbocycles. The second-order valence-electron chi connectivity index (χ2n) is 6.74. The van der Waals surface area contributed by atoms with E-state index in [4.69, 9.17) is 0 Å². The predicted molar refractivity (Wildman–Crippen MR) is 102 cm³/mol. The second-order valence-corrected chi connectivity index (χ2v) is 6.74. The summed E-state index contributed by atoms with van der Waals surface area (Å²) in [4.78, 5) is 36.5. The van der Waals surface area contributed by atoms with Gasteiger partial charge in [-0.3, -0.25) is 14.4 Å². The maximum Gasteiger partial charge on any atom is 0.254 e. The molecule has 0 fully saturated rings. The largest absolute Gasteiger partial charge is 0.356 e. The average molecular weight is 359 g/mol. The number of amides is 3. The Balaban J connectivity index is 1.70. The fraction of sp³-hybridized carbons (Fsp3) is 0.550. The summed E-state index contributed by atoms with van der Waals surface area (Å²) in [5.41, 5.74) is 0.882. The number of carbonyl (C=O) groups excluding carboxylic acids is 3. The van der Waals surface area contributed by atoms with Crippen LogP contribution in [0.4, 0.5) is 5.69 Å². The van der Waals surface area contributed by atoms with Gasteiger partial charge in [0.15, 0.2) is 0 Å². The second kappa shape index (κ2) is 10.6. The fourth-order valence-corrected chi connectivity index (χ4v) is 3.02. The normalized spacial score (nSPS) is 16.3. The predicted octanol–water partition coefficient (Wildman–Crippen LogP) is 2.99. The third-order valence-corrected chi connectivity index (χ3v) is 4.54. The number of para-hydroxylation sites is 1. The van der Waals surface area contributed by atoms with E-state index in [9.17, 15) is 14.4 Å². The molecule has 3 amide bonds. The van der Waals surface area contributed by atoms with Crippen LogP contribution in [0.3, 0.4) is 0 Å². The van der Waals surface area contributed by atoms with Crippen molar-refractivity contribution in [3.63, 3.8) is 0 Å². The number of benzene rings is 1. The first-order valence-electron chi connectivity index (χ1n) is 9.59. The van der Waals surface area contributed by atoms with Crippen LogP contribution in [0, 0.1) is 0 Å². The number of carbonyl (C=O) groups is 3. The molecule has 26 heavy (non-hydrogen) atoms. The lowest BCUT2D eigenvalue weighted by molar-refractivity contribution is -0.125. The first-order chi connectivity index (χ1) is 12.6. The van der Waals surface area contributed by atoms with Crippen molar-refractivity contribution in [2.75, 3.05) is 11.9 Å². The quantitative estimate of drug-likeness (QED) is 0.561. The van der Waals surface area contributed by atoms with Gasteiger partial charge in [-0.2, -0.15) is 0 Å². The highest BCUT2D eigenvalue weighted by molar-refractivity contribution is 6.10. The Hall–Kier alpha value is -2.37. The highest BCUT2D eigenvalue weighted by atomic mass is 16.2. The molecule has 6 nitrogen and oxygen atoms in total. The van der Waals surface area contributed by atoms with Crippen LogP contribution in [0.25, 0.3) is 0 Å². The van der Waals surface area contributed by atoms with Crippen molar-refractivity contribution in [2.24, 2.45) is 0 Å². The number of fused-ring (bicyclic) bond motifs is 1. The minimum absolute atomic E-state index is 0.0535. The van der Waals surface area contributed by atoms with E-state index in [-0.39, 0.29) is 24.1 Å². The Kier molecular flexibility index (Phi) is 8.12. The lowest BCUT2D eigenvalue weighted by Gasteiger charge is -2.14. The van der Waals surface area contributed by atoms with E-state index in [0.29, 0.717) is 17.8 Å². The van der Waals surface area contributed by atoms with Crippen LogP contribution in [0.1, 0.15) is 68.6 Å². The molecule has 142 valence electrons. The van der Waals surface area contributed by atoms with Crippen molar-refractivity contribution in [1.82, 2.24) is 10.6 Å². The zero-order valence-electron chi connectivity index (χ0n) is 15.5. The average Bonchev–Trinajstić information content (AvgIpc) is 2.74. The van der Waals surface area contributed by atoms with Crippen molar-refractivity contribution < 1.29 is 14.4 Å². The molecule has 1 heterocycles. The van der Waals surface area contributed by atoms with Gasteiger partial charge in [-0.25, -0.2) is 0 Å². The smallest absolute Gasteiger partial charge is 0.254 e. The molecule has 6 heteroatoms. The molecular formula is C20H29N3O3. The summed E-state index contributed by atoms with van der Waals surface area (Å²) in [5, 5.41) is 8.18. The molecule has 2 rings (SSSR count). The molecule has 1 unspecified atom stereocenters. The number of hydrogen-bond donors (Lipinski definition) is 3. The van der Waals surface area contributed by atoms with Gasteiger partial charge in [0, 0.05) is 6.54 Å². The van der Waals surface area contributed by atoms with Crippen LogP contribution >= 0.6 is 0 Å². The summed E-state index contributed by atoms with van der Waals surface area (Å²) < 4.78 is 0. The van der Waals surface area contributed by atoms with Gasteiger partial charge >= 0.3 is 0 Å². The van der Waals surface area contributed by atoms with E-state index < -0.39 is 6.04 Å². The molecule has 3 N–H and O–H groups in total. The fourth-order valence-electron chi connectivity index (χ4n) is 3.02. The Bertz CT molecular complexity index is 630. The SMILES string of the molecule is CCCCCCCCCNC(=O)CC1NC(=O)c2ccccc2NC1=O. The highest BCUT2D eigenvalue weighted by Gasteiger charge is 2.29. The van der Waals surface area contributed by atoms with Crippen LogP contribution in [-0.4, -0.2) is 30.3 Å². The summed E-state index contributed by atoms with van der Waals surface area (Å²) in [7, 11) is 0. The summed E-state index contributed by atoms with van der Waals surface area (Å²) in [6, 6.07) is 5.95.